The van der Waals surface area contributed by atoms with Gasteiger partial charge in [0.2, 0.25) is 11.0 Å². The predicted molar refractivity (Wildman–Crippen MR) is 113 cm³/mol. The van der Waals surface area contributed by atoms with E-state index < -0.39 is 0 Å². The van der Waals surface area contributed by atoms with Crippen molar-refractivity contribution in [3.63, 3.8) is 0 Å². The van der Waals surface area contributed by atoms with Gasteiger partial charge in [0, 0.05) is 17.3 Å². The maximum Gasteiger partial charge on any atom is 0.230 e. The van der Waals surface area contributed by atoms with Crippen molar-refractivity contribution in [3.05, 3.63) is 64.2 Å². The Bertz CT molecular complexity index is 928. The summed E-state index contributed by atoms with van der Waals surface area (Å²) in [5, 5.41) is 15.8. The lowest BCUT2D eigenvalue weighted by Gasteiger charge is -2.05. The van der Waals surface area contributed by atoms with E-state index >= 15 is 0 Å². The number of hydrogen-bond acceptors (Lipinski definition) is 6. The van der Waals surface area contributed by atoms with Crippen molar-refractivity contribution in [2.75, 3.05) is 11.1 Å². The topological polar surface area (TPSA) is 66.9 Å². The highest BCUT2D eigenvalue weighted by Crippen LogP contribution is 2.28. The Morgan fingerprint density at radius 1 is 1.11 bits per heavy atom. The number of amides is 1. The lowest BCUT2D eigenvalue weighted by Crippen LogP contribution is -2.24. The lowest BCUT2D eigenvalue weighted by atomic mass is 10.1. The number of nitrogens with one attached hydrogen (secondary N) is 2. The molecular weight excluding hydrogens is 400 g/mol. The zero-order valence-corrected chi connectivity index (χ0v) is 17.3. The molecule has 0 spiro atoms. The third kappa shape index (κ3) is 5.95. The molecule has 0 saturated heterocycles. The Balaban J connectivity index is 1.46. The van der Waals surface area contributed by atoms with Crippen molar-refractivity contribution >= 4 is 51.4 Å². The Hall–Kier alpha value is -2.09. The zero-order valence-electron chi connectivity index (χ0n) is 15.0. The Morgan fingerprint density at radius 3 is 2.63 bits per heavy atom. The molecule has 0 bridgehead atoms. The number of carbonyl (C=O) groups excluding carboxylic acids is 1. The van der Waals surface area contributed by atoms with Crippen molar-refractivity contribution in [1.82, 2.24) is 15.5 Å². The minimum Gasteiger partial charge on any atom is -0.351 e. The molecule has 140 valence electrons. The Morgan fingerprint density at radius 2 is 1.89 bits per heavy atom. The molecular formula is C19H19ClN4OS2. The number of anilines is 2. The van der Waals surface area contributed by atoms with Crippen molar-refractivity contribution in [2.24, 2.45) is 0 Å². The average molecular weight is 419 g/mol. The van der Waals surface area contributed by atoms with E-state index in [-0.39, 0.29) is 5.91 Å². The molecule has 0 aliphatic heterocycles. The van der Waals surface area contributed by atoms with Gasteiger partial charge >= 0.3 is 0 Å². The molecule has 3 rings (SSSR count). The summed E-state index contributed by atoms with van der Waals surface area (Å²) in [5.41, 5.74) is 4.45. The number of benzene rings is 2. The summed E-state index contributed by atoms with van der Waals surface area (Å²) in [5.74, 6) is 0.250. The molecule has 2 aromatic carbocycles. The van der Waals surface area contributed by atoms with Gasteiger partial charge in [-0.1, -0.05) is 52.9 Å². The first-order valence-corrected chi connectivity index (χ1v) is 10.5. The number of aromatic nitrogens is 2. The van der Waals surface area contributed by atoms with Crippen LogP contribution >= 0.6 is 34.7 Å². The first-order chi connectivity index (χ1) is 13.0. The average Bonchev–Trinajstić information content (AvgIpc) is 3.10. The molecule has 0 fully saturated rings. The second kappa shape index (κ2) is 9.21. The molecule has 0 unspecified atom stereocenters. The third-order valence-corrected chi connectivity index (χ3v) is 6.12. The quantitative estimate of drug-likeness (QED) is 0.531. The molecule has 2 N–H and O–H groups in total. The molecule has 0 radical (unpaired) electrons. The van der Waals surface area contributed by atoms with Crippen LogP contribution in [0.3, 0.4) is 0 Å². The van der Waals surface area contributed by atoms with Gasteiger partial charge in [-0.05, 0) is 54.8 Å². The fraction of sp³-hybridized carbons (Fsp3) is 0.211. The molecule has 8 heteroatoms. The number of carbonyl (C=O) groups is 1. The van der Waals surface area contributed by atoms with E-state index in [0.717, 1.165) is 15.6 Å². The van der Waals surface area contributed by atoms with Gasteiger partial charge in [-0.15, -0.1) is 10.2 Å². The van der Waals surface area contributed by atoms with Gasteiger partial charge in [-0.3, -0.25) is 4.79 Å². The van der Waals surface area contributed by atoms with E-state index in [1.807, 2.05) is 30.3 Å². The monoisotopic (exact) mass is 418 g/mol. The molecule has 27 heavy (non-hydrogen) atoms. The first kappa shape index (κ1) is 19.7. The number of thioether (sulfide) groups is 1. The normalized spacial score (nSPS) is 10.6. The summed E-state index contributed by atoms with van der Waals surface area (Å²) >= 11 is 8.66. The van der Waals surface area contributed by atoms with Gasteiger partial charge in [-0.25, -0.2) is 0 Å². The highest BCUT2D eigenvalue weighted by molar-refractivity contribution is 8.01. The van der Waals surface area contributed by atoms with E-state index in [9.17, 15) is 4.79 Å². The highest BCUT2D eigenvalue weighted by atomic mass is 35.5. The highest BCUT2D eigenvalue weighted by Gasteiger charge is 2.09. The number of aryl methyl sites for hydroxylation is 2. The van der Waals surface area contributed by atoms with Crippen molar-refractivity contribution in [2.45, 2.75) is 24.7 Å². The second-order valence-corrected chi connectivity index (χ2v) is 8.63. The van der Waals surface area contributed by atoms with Gasteiger partial charge in [-0.2, -0.15) is 0 Å². The van der Waals surface area contributed by atoms with E-state index in [1.165, 1.54) is 34.2 Å². The molecule has 1 heterocycles. The number of hydrogen-bond donors (Lipinski definition) is 2. The summed E-state index contributed by atoms with van der Waals surface area (Å²) < 4.78 is 0.753. The second-order valence-electron chi connectivity index (χ2n) is 5.99. The number of halogens is 1. The van der Waals surface area contributed by atoms with Gasteiger partial charge in [0.25, 0.3) is 0 Å². The molecule has 0 saturated carbocycles. The fourth-order valence-electron chi connectivity index (χ4n) is 2.24. The molecule has 0 atom stereocenters. The minimum absolute atomic E-state index is 0.0474. The van der Waals surface area contributed by atoms with E-state index in [0.29, 0.717) is 22.5 Å². The maximum atomic E-state index is 12.0. The van der Waals surface area contributed by atoms with Crippen LogP contribution in [0.2, 0.25) is 5.02 Å². The van der Waals surface area contributed by atoms with Crippen LogP contribution in [0.4, 0.5) is 10.8 Å². The van der Waals surface area contributed by atoms with Crippen LogP contribution in [0, 0.1) is 13.8 Å². The maximum absolute atomic E-state index is 12.0. The first-order valence-electron chi connectivity index (χ1n) is 8.31. The number of rotatable bonds is 7. The van der Waals surface area contributed by atoms with Crippen molar-refractivity contribution in [1.29, 1.82) is 0 Å². The summed E-state index contributed by atoms with van der Waals surface area (Å²) in [4.78, 5) is 12.0. The van der Waals surface area contributed by atoms with Gasteiger partial charge in [0.1, 0.15) is 0 Å². The van der Waals surface area contributed by atoms with Crippen LogP contribution < -0.4 is 10.6 Å². The largest absolute Gasteiger partial charge is 0.351 e. The summed E-state index contributed by atoms with van der Waals surface area (Å²) in [6, 6.07) is 13.6. The van der Waals surface area contributed by atoms with Crippen LogP contribution in [0.1, 0.15) is 16.7 Å². The van der Waals surface area contributed by atoms with Gasteiger partial charge < -0.3 is 10.6 Å². The SMILES string of the molecule is Cc1ccc(Nc2nnc(SCC(=O)NCc3ccc(Cl)cc3)s2)cc1C. The molecule has 0 aliphatic rings. The van der Waals surface area contributed by atoms with Crippen LogP contribution in [-0.4, -0.2) is 21.9 Å². The smallest absolute Gasteiger partial charge is 0.230 e. The standard InChI is InChI=1S/C19H19ClN4OS2/c1-12-3-8-16(9-13(12)2)22-18-23-24-19(27-18)26-11-17(25)21-10-14-4-6-15(20)7-5-14/h3-9H,10-11H2,1-2H3,(H,21,25)(H,22,23). The Labute approximate surface area is 171 Å². The Kier molecular flexibility index (Phi) is 6.71. The van der Waals surface area contributed by atoms with Gasteiger partial charge in [0.05, 0.1) is 5.75 Å². The van der Waals surface area contributed by atoms with Crippen molar-refractivity contribution < 1.29 is 4.79 Å². The molecule has 1 amide bonds. The van der Waals surface area contributed by atoms with Crippen LogP contribution in [-0.2, 0) is 11.3 Å². The summed E-state index contributed by atoms with van der Waals surface area (Å²) in [6.45, 7) is 4.63. The number of nitrogens with zero attached hydrogens (tertiary/aromatic N) is 2. The summed E-state index contributed by atoms with van der Waals surface area (Å²) in [7, 11) is 0. The fourth-order valence-corrected chi connectivity index (χ4v) is 3.97. The van der Waals surface area contributed by atoms with Crippen LogP contribution in [0.5, 0.6) is 0 Å². The molecule has 3 aromatic rings. The molecule has 1 aromatic heterocycles. The van der Waals surface area contributed by atoms with E-state index in [2.05, 4.69) is 46.8 Å². The predicted octanol–water partition coefficient (Wildman–Crippen LogP) is 4.96. The van der Waals surface area contributed by atoms with Crippen molar-refractivity contribution in [3.8, 4) is 0 Å². The van der Waals surface area contributed by atoms with Crippen LogP contribution in [0.15, 0.2) is 46.8 Å². The zero-order chi connectivity index (χ0) is 19.2. The minimum atomic E-state index is -0.0474. The molecule has 5 nitrogen and oxygen atoms in total. The lowest BCUT2D eigenvalue weighted by molar-refractivity contribution is -0.118. The van der Waals surface area contributed by atoms with Gasteiger partial charge in [0.15, 0.2) is 4.34 Å². The third-order valence-electron chi connectivity index (χ3n) is 3.89. The van der Waals surface area contributed by atoms with E-state index in [1.54, 1.807) is 0 Å². The molecule has 0 aliphatic carbocycles. The summed E-state index contributed by atoms with van der Waals surface area (Å²) in [6.07, 6.45) is 0. The van der Waals surface area contributed by atoms with Crippen LogP contribution in [0.25, 0.3) is 0 Å². The van der Waals surface area contributed by atoms with E-state index in [4.69, 9.17) is 11.6 Å².